The average Bonchev–Trinajstić information content (AvgIpc) is 2.82. The lowest BCUT2D eigenvalue weighted by atomic mass is 10.1. The molecule has 0 spiro atoms. The molecular formula is C12H19NO2S2. The van der Waals surface area contributed by atoms with E-state index < -0.39 is 10.0 Å². The number of sulfonamides is 1. The van der Waals surface area contributed by atoms with E-state index in [1.165, 1.54) is 11.3 Å². The highest BCUT2D eigenvalue weighted by Crippen LogP contribution is 2.17. The summed E-state index contributed by atoms with van der Waals surface area (Å²) in [7, 11) is -3.37. The maximum atomic E-state index is 11.9. The van der Waals surface area contributed by atoms with Gasteiger partial charge in [0.05, 0.1) is 0 Å². The van der Waals surface area contributed by atoms with Gasteiger partial charge in [-0.1, -0.05) is 38.3 Å². The lowest BCUT2D eigenvalue weighted by Crippen LogP contribution is -2.32. The van der Waals surface area contributed by atoms with Crippen molar-refractivity contribution in [2.45, 2.75) is 42.9 Å². The Bertz CT molecular complexity index is 423. The van der Waals surface area contributed by atoms with Crippen LogP contribution in [0.25, 0.3) is 0 Å². The van der Waals surface area contributed by atoms with Gasteiger partial charge in [0.25, 0.3) is 10.0 Å². The minimum Gasteiger partial charge on any atom is -0.206 e. The van der Waals surface area contributed by atoms with E-state index in [9.17, 15) is 8.42 Å². The number of rotatable bonds is 8. The summed E-state index contributed by atoms with van der Waals surface area (Å²) < 4.78 is 26.9. The summed E-state index contributed by atoms with van der Waals surface area (Å²) in [6.07, 6.45) is 5.73. The normalized spacial score (nSPS) is 13.5. The molecule has 0 aliphatic heterocycles. The Kier molecular flexibility index (Phi) is 5.88. The molecule has 1 atom stereocenters. The van der Waals surface area contributed by atoms with Gasteiger partial charge in [-0.3, -0.25) is 0 Å². The van der Waals surface area contributed by atoms with Crippen LogP contribution < -0.4 is 4.72 Å². The molecule has 1 heterocycles. The fraction of sp³-hybridized carbons (Fsp3) is 0.500. The second-order valence-electron chi connectivity index (χ2n) is 3.89. The van der Waals surface area contributed by atoms with E-state index in [4.69, 9.17) is 0 Å². The smallest absolute Gasteiger partial charge is 0.206 e. The van der Waals surface area contributed by atoms with Crippen molar-refractivity contribution < 1.29 is 8.42 Å². The van der Waals surface area contributed by atoms with Crippen molar-refractivity contribution in [3.05, 3.63) is 30.2 Å². The van der Waals surface area contributed by atoms with Gasteiger partial charge in [0.1, 0.15) is 4.21 Å². The first-order valence-corrected chi connectivity index (χ1v) is 8.15. The first-order chi connectivity index (χ1) is 8.10. The second-order valence-corrected chi connectivity index (χ2v) is 6.78. The molecule has 96 valence electrons. The highest BCUT2D eigenvalue weighted by molar-refractivity contribution is 7.91. The van der Waals surface area contributed by atoms with Crippen LogP contribution in [0, 0.1) is 0 Å². The molecular weight excluding hydrogens is 254 g/mol. The third kappa shape index (κ3) is 4.61. The summed E-state index contributed by atoms with van der Waals surface area (Å²) in [5.74, 6) is 0. The van der Waals surface area contributed by atoms with E-state index in [0.29, 0.717) is 4.21 Å². The molecule has 0 bridgehead atoms. The molecule has 0 aromatic carbocycles. The number of nitrogens with one attached hydrogen (secondary N) is 1. The fourth-order valence-corrected chi connectivity index (χ4v) is 3.77. The summed E-state index contributed by atoms with van der Waals surface area (Å²) >= 11 is 1.23. The average molecular weight is 273 g/mol. The number of hydrogen-bond acceptors (Lipinski definition) is 3. The van der Waals surface area contributed by atoms with Crippen LogP contribution in [0.5, 0.6) is 0 Å². The first-order valence-electron chi connectivity index (χ1n) is 5.78. The van der Waals surface area contributed by atoms with Crippen molar-refractivity contribution in [1.82, 2.24) is 4.72 Å². The molecule has 1 rings (SSSR count). The van der Waals surface area contributed by atoms with Crippen LogP contribution in [0.2, 0.25) is 0 Å². The van der Waals surface area contributed by atoms with Crippen molar-refractivity contribution in [3.63, 3.8) is 0 Å². The summed E-state index contributed by atoms with van der Waals surface area (Å²) in [6, 6.07) is 3.17. The lowest BCUT2D eigenvalue weighted by Gasteiger charge is -2.13. The first kappa shape index (κ1) is 14.4. The van der Waals surface area contributed by atoms with E-state index in [2.05, 4.69) is 18.2 Å². The van der Waals surface area contributed by atoms with Crippen molar-refractivity contribution in [2.75, 3.05) is 0 Å². The third-order valence-corrected chi connectivity index (χ3v) is 5.36. The quantitative estimate of drug-likeness (QED) is 0.584. The van der Waals surface area contributed by atoms with Crippen molar-refractivity contribution >= 4 is 21.4 Å². The zero-order valence-electron chi connectivity index (χ0n) is 10.1. The Balaban J connectivity index is 2.59. The van der Waals surface area contributed by atoms with E-state index in [-0.39, 0.29) is 6.04 Å². The minimum absolute atomic E-state index is 0.173. The van der Waals surface area contributed by atoms with Crippen LogP contribution >= 0.6 is 11.3 Å². The van der Waals surface area contributed by atoms with Gasteiger partial charge in [-0.15, -0.1) is 17.9 Å². The van der Waals surface area contributed by atoms with Crippen LogP contribution in [0.4, 0.5) is 0 Å². The fourth-order valence-electron chi connectivity index (χ4n) is 1.51. The van der Waals surface area contributed by atoms with E-state index in [0.717, 1.165) is 25.7 Å². The molecule has 3 nitrogen and oxygen atoms in total. The second kappa shape index (κ2) is 6.93. The van der Waals surface area contributed by atoms with Gasteiger partial charge in [0.2, 0.25) is 0 Å². The molecule has 0 amide bonds. The molecule has 0 saturated carbocycles. The third-order valence-electron chi connectivity index (χ3n) is 2.47. The van der Waals surface area contributed by atoms with Gasteiger partial charge in [0.15, 0.2) is 0 Å². The molecule has 0 aliphatic carbocycles. The molecule has 1 N–H and O–H groups in total. The van der Waals surface area contributed by atoms with Crippen LogP contribution in [-0.2, 0) is 10.0 Å². The molecule has 5 heteroatoms. The molecule has 0 radical (unpaired) electrons. The zero-order valence-corrected chi connectivity index (χ0v) is 11.7. The summed E-state index contributed by atoms with van der Waals surface area (Å²) in [4.78, 5) is 0. The molecule has 1 aromatic heterocycles. The minimum atomic E-state index is -3.37. The van der Waals surface area contributed by atoms with Crippen LogP contribution in [0.15, 0.2) is 34.4 Å². The van der Waals surface area contributed by atoms with Crippen molar-refractivity contribution in [1.29, 1.82) is 0 Å². The Morgan fingerprint density at radius 3 is 2.82 bits per heavy atom. The SMILES string of the molecule is C=CC(CCCCC)NS(=O)(=O)c1cccs1. The highest BCUT2D eigenvalue weighted by atomic mass is 32.2. The van der Waals surface area contributed by atoms with Gasteiger partial charge in [-0.25, -0.2) is 13.1 Å². The van der Waals surface area contributed by atoms with Gasteiger partial charge >= 0.3 is 0 Å². The topological polar surface area (TPSA) is 46.2 Å². The summed E-state index contributed by atoms with van der Waals surface area (Å²) in [5, 5.41) is 1.76. The van der Waals surface area contributed by atoms with Gasteiger partial charge in [0, 0.05) is 6.04 Å². The maximum Gasteiger partial charge on any atom is 0.250 e. The monoisotopic (exact) mass is 273 g/mol. The van der Waals surface area contributed by atoms with E-state index >= 15 is 0 Å². The lowest BCUT2D eigenvalue weighted by molar-refractivity contribution is 0.550. The molecule has 17 heavy (non-hydrogen) atoms. The molecule has 0 saturated heterocycles. The van der Waals surface area contributed by atoms with Gasteiger partial charge in [-0.05, 0) is 17.9 Å². The zero-order chi connectivity index (χ0) is 12.7. The number of unbranched alkanes of at least 4 members (excludes halogenated alkanes) is 2. The van der Waals surface area contributed by atoms with Crippen LogP contribution in [0.1, 0.15) is 32.6 Å². The Morgan fingerprint density at radius 2 is 2.29 bits per heavy atom. The standard InChI is InChI=1S/C12H19NO2S2/c1-3-5-6-8-11(4-2)13-17(14,15)12-9-7-10-16-12/h4,7,9-11,13H,2-3,5-6,8H2,1H3. The maximum absolute atomic E-state index is 11.9. The Labute approximate surface area is 108 Å². The predicted octanol–water partition coefficient (Wildman–Crippen LogP) is 3.16. The number of hydrogen-bond donors (Lipinski definition) is 1. The van der Waals surface area contributed by atoms with E-state index in [1.54, 1.807) is 23.6 Å². The van der Waals surface area contributed by atoms with E-state index in [1.807, 2.05) is 0 Å². The molecule has 0 fully saturated rings. The van der Waals surface area contributed by atoms with Crippen LogP contribution in [-0.4, -0.2) is 14.5 Å². The predicted molar refractivity (Wildman–Crippen MR) is 72.8 cm³/mol. The van der Waals surface area contributed by atoms with Gasteiger partial charge < -0.3 is 0 Å². The Morgan fingerprint density at radius 1 is 1.53 bits per heavy atom. The summed E-state index contributed by atoms with van der Waals surface area (Å²) in [6.45, 7) is 5.81. The molecule has 1 unspecified atom stereocenters. The number of thiophene rings is 1. The van der Waals surface area contributed by atoms with Crippen LogP contribution in [0.3, 0.4) is 0 Å². The molecule has 0 aliphatic rings. The highest BCUT2D eigenvalue weighted by Gasteiger charge is 2.18. The summed E-state index contributed by atoms with van der Waals surface area (Å²) in [5.41, 5.74) is 0. The van der Waals surface area contributed by atoms with Crippen molar-refractivity contribution in [2.24, 2.45) is 0 Å². The molecule has 1 aromatic rings. The largest absolute Gasteiger partial charge is 0.250 e. The Hall–Kier alpha value is -0.650. The van der Waals surface area contributed by atoms with Gasteiger partial charge in [-0.2, -0.15) is 0 Å². The van der Waals surface area contributed by atoms with Crippen molar-refractivity contribution in [3.8, 4) is 0 Å².